The summed E-state index contributed by atoms with van der Waals surface area (Å²) in [6, 6.07) is 10.1. The Balaban J connectivity index is 2.30. The smallest absolute Gasteiger partial charge is 0.220 e. The molecular formula is C12H16BrNOS. The fraction of sp³-hybridized carbons (Fsp3) is 0.417. The standard InChI is InChI=1S/C12H16BrNOS/c1-16-8-7-12(15)14-9-11(13)10-5-3-2-4-6-10/h2-6,11H,7-9H2,1H3,(H,14,15). The first-order valence-corrected chi connectivity index (χ1v) is 7.49. The minimum Gasteiger partial charge on any atom is -0.355 e. The van der Waals surface area contributed by atoms with Gasteiger partial charge in [-0.3, -0.25) is 4.79 Å². The van der Waals surface area contributed by atoms with Gasteiger partial charge in [0.2, 0.25) is 5.91 Å². The fourth-order valence-electron chi connectivity index (χ4n) is 1.27. The molecule has 88 valence electrons. The lowest BCUT2D eigenvalue weighted by atomic mass is 10.1. The van der Waals surface area contributed by atoms with E-state index in [9.17, 15) is 4.79 Å². The van der Waals surface area contributed by atoms with Crippen LogP contribution in [-0.2, 0) is 4.79 Å². The van der Waals surface area contributed by atoms with Gasteiger partial charge in [0.25, 0.3) is 0 Å². The summed E-state index contributed by atoms with van der Waals surface area (Å²) in [6.45, 7) is 0.636. The molecule has 1 rings (SSSR count). The van der Waals surface area contributed by atoms with E-state index in [1.54, 1.807) is 11.8 Å². The summed E-state index contributed by atoms with van der Waals surface area (Å²) in [7, 11) is 0. The lowest BCUT2D eigenvalue weighted by Gasteiger charge is -2.11. The number of amides is 1. The lowest BCUT2D eigenvalue weighted by Crippen LogP contribution is -2.26. The highest BCUT2D eigenvalue weighted by molar-refractivity contribution is 9.09. The molecule has 0 saturated heterocycles. The first kappa shape index (κ1) is 13.6. The second-order valence-electron chi connectivity index (χ2n) is 3.43. The van der Waals surface area contributed by atoms with Crippen LogP contribution >= 0.6 is 27.7 Å². The molecule has 1 aromatic carbocycles. The number of hydrogen-bond donors (Lipinski definition) is 1. The van der Waals surface area contributed by atoms with Crippen LogP contribution in [-0.4, -0.2) is 24.5 Å². The highest BCUT2D eigenvalue weighted by Crippen LogP contribution is 2.20. The zero-order valence-electron chi connectivity index (χ0n) is 9.28. The van der Waals surface area contributed by atoms with E-state index >= 15 is 0 Å². The maximum Gasteiger partial charge on any atom is 0.220 e. The summed E-state index contributed by atoms with van der Waals surface area (Å²) in [5, 5.41) is 2.92. The zero-order chi connectivity index (χ0) is 11.8. The van der Waals surface area contributed by atoms with Crippen molar-refractivity contribution in [3.63, 3.8) is 0 Å². The number of thioether (sulfide) groups is 1. The van der Waals surface area contributed by atoms with Gasteiger partial charge < -0.3 is 5.32 Å². The first-order chi connectivity index (χ1) is 7.74. The highest BCUT2D eigenvalue weighted by atomic mass is 79.9. The van der Waals surface area contributed by atoms with Crippen LogP contribution in [0.4, 0.5) is 0 Å². The maximum atomic E-state index is 11.4. The number of hydrogen-bond acceptors (Lipinski definition) is 2. The highest BCUT2D eigenvalue weighted by Gasteiger charge is 2.08. The molecule has 1 amide bonds. The van der Waals surface area contributed by atoms with Crippen molar-refractivity contribution in [3.05, 3.63) is 35.9 Å². The van der Waals surface area contributed by atoms with Crippen LogP contribution in [0.2, 0.25) is 0 Å². The molecule has 1 N–H and O–H groups in total. The number of carbonyl (C=O) groups excluding carboxylic acids is 1. The van der Waals surface area contributed by atoms with Crippen LogP contribution in [0.15, 0.2) is 30.3 Å². The van der Waals surface area contributed by atoms with E-state index in [0.29, 0.717) is 13.0 Å². The van der Waals surface area contributed by atoms with Crippen LogP contribution in [0.1, 0.15) is 16.8 Å². The average Bonchev–Trinajstić information content (AvgIpc) is 2.34. The van der Waals surface area contributed by atoms with Gasteiger partial charge in [-0.05, 0) is 11.8 Å². The van der Waals surface area contributed by atoms with Crippen LogP contribution in [0, 0.1) is 0 Å². The van der Waals surface area contributed by atoms with Crippen molar-refractivity contribution < 1.29 is 4.79 Å². The number of halogens is 1. The van der Waals surface area contributed by atoms with E-state index in [0.717, 1.165) is 5.75 Å². The molecule has 0 aromatic heterocycles. The normalized spacial score (nSPS) is 12.1. The SMILES string of the molecule is CSCCC(=O)NCC(Br)c1ccccc1. The Kier molecular flexibility index (Phi) is 6.57. The van der Waals surface area contributed by atoms with Crippen LogP contribution in [0.5, 0.6) is 0 Å². The van der Waals surface area contributed by atoms with Gasteiger partial charge in [0.05, 0.1) is 4.83 Å². The number of benzene rings is 1. The van der Waals surface area contributed by atoms with Gasteiger partial charge >= 0.3 is 0 Å². The lowest BCUT2D eigenvalue weighted by molar-refractivity contribution is -0.120. The Morgan fingerprint density at radius 2 is 2.12 bits per heavy atom. The number of nitrogens with one attached hydrogen (secondary N) is 1. The molecule has 0 radical (unpaired) electrons. The zero-order valence-corrected chi connectivity index (χ0v) is 11.7. The van der Waals surface area contributed by atoms with E-state index in [4.69, 9.17) is 0 Å². The fourth-order valence-corrected chi connectivity index (χ4v) is 2.12. The summed E-state index contributed by atoms with van der Waals surface area (Å²) in [5.74, 6) is 0.999. The van der Waals surface area contributed by atoms with Crippen molar-refractivity contribution in [2.45, 2.75) is 11.2 Å². The minimum atomic E-state index is 0.120. The quantitative estimate of drug-likeness (QED) is 0.819. The van der Waals surface area contributed by atoms with Gasteiger partial charge in [-0.2, -0.15) is 11.8 Å². The second-order valence-corrected chi connectivity index (χ2v) is 5.52. The molecule has 16 heavy (non-hydrogen) atoms. The van der Waals surface area contributed by atoms with E-state index in [2.05, 4.69) is 21.2 Å². The largest absolute Gasteiger partial charge is 0.355 e. The van der Waals surface area contributed by atoms with Gasteiger partial charge in [0.15, 0.2) is 0 Å². The summed E-state index contributed by atoms with van der Waals surface area (Å²) in [5.41, 5.74) is 1.19. The van der Waals surface area contributed by atoms with E-state index in [1.165, 1.54) is 5.56 Å². The third kappa shape index (κ3) is 5.03. The predicted octanol–water partition coefficient (Wildman–Crippen LogP) is 2.99. The second kappa shape index (κ2) is 7.74. The Morgan fingerprint density at radius 3 is 2.75 bits per heavy atom. The first-order valence-electron chi connectivity index (χ1n) is 5.18. The predicted molar refractivity (Wildman–Crippen MR) is 74.1 cm³/mol. The van der Waals surface area contributed by atoms with Gasteiger partial charge in [0, 0.05) is 18.7 Å². The Labute approximate surface area is 109 Å². The molecule has 0 heterocycles. The van der Waals surface area contributed by atoms with Crippen molar-refractivity contribution in [2.24, 2.45) is 0 Å². The summed E-state index contributed by atoms with van der Waals surface area (Å²) in [6.07, 6.45) is 2.60. The molecule has 4 heteroatoms. The van der Waals surface area contributed by atoms with Crippen LogP contribution in [0.25, 0.3) is 0 Å². The number of alkyl halides is 1. The molecule has 0 saturated carbocycles. The molecule has 0 spiro atoms. The molecular weight excluding hydrogens is 286 g/mol. The number of rotatable bonds is 6. The van der Waals surface area contributed by atoms with Crippen molar-refractivity contribution in [3.8, 4) is 0 Å². The van der Waals surface area contributed by atoms with Crippen LogP contribution in [0.3, 0.4) is 0 Å². The molecule has 1 aromatic rings. The van der Waals surface area contributed by atoms with Crippen LogP contribution < -0.4 is 5.32 Å². The van der Waals surface area contributed by atoms with Crippen molar-refractivity contribution >= 4 is 33.6 Å². The van der Waals surface area contributed by atoms with Crippen molar-refractivity contribution in [1.29, 1.82) is 0 Å². The molecule has 0 aliphatic heterocycles. The van der Waals surface area contributed by atoms with E-state index < -0.39 is 0 Å². The van der Waals surface area contributed by atoms with Crippen molar-refractivity contribution in [2.75, 3.05) is 18.6 Å². The molecule has 1 unspecified atom stereocenters. The Morgan fingerprint density at radius 1 is 1.44 bits per heavy atom. The summed E-state index contributed by atoms with van der Waals surface area (Å²) >= 11 is 5.25. The topological polar surface area (TPSA) is 29.1 Å². The summed E-state index contributed by atoms with van der Waals surface area (Å²) < 4.78 is 0. The average molecular weight is 302 g/mol. The third-order valence-electron chi connectivity index (χ3n) is 2.17. The Bertz CT molecular complexity index is 318. The molecule has 0 aliphatic carbocycles. The van der Waals surface area contributed by atoms with Gasteiger partial charge in [0.1, 0.15) is 0 Å². The molecule has 0 bridgehead atoms. The van der Waals surface area contributed by atoms with Crippen molar-refractivity contribution in [1.82, 2.24) is 5.32 Å². The number of carbonyl (C=O) groups is 1. The molecule has 0 fully saturated rings. The van der Waals surface area contributed by atoms with E-state index in [1.807, 2.05) is 36.6 Å². The monoisotopic (exact) mass is 301 g/mol. The van der Waals surface area contributed by atoms with Gasteiger partial charge in [-0.25, -0.2) is 0 Å². The third-order valence-corrected chi connectivity index (χ3v) is 3.64. The molecule has 2 nitrogen and oxygen atoms in total. The maximum absolute atomic E-state index is 11.4. The van der Waals surface area contributed by atoms with E-state index in [-0.39, 0.29) is 10.7 Å². The van der Waals surface area contributed by atoms with Gasteiger partial charge in [-0.1, -0.05) is 46.3 Å². The Hall–Kier alpha value is -0.480. The molecule has 0 aliphatic rings. The minimum absolute atomic E-state index is 0.120. The summed E-state index contributed by atoms with van der Waals surface area (Å²) in [4.78, 5) is 11.6. The molecule has 1 atom stereocenters. The van der Waals surface area contributed by atoms with Gasteiger partial charge in [-0.15, -0.1) is 0 Å².